The van der Waals surface area contributed by atoms with Crippen LogP contribution in [0.25, 0.3) is 32.1 Å². The van der Waals surface area contributed by atoms with Crippen molar-refractivity contribution in [2.75, 3.05) is 32.0 Å². The molecule has 4 atom stereocenters. The fourth-order valence-electron chi connectivity index (χ4n) is 7.35. The van der Waals surface area contributed by atoms with E-state index in [0.29, 0.717) is 25.9 Å². The van der Waals surface area contributed by atoms with Crippen molar-refractivity contribution < 1.29 is 27.4 Å². The van der Waals surface area contributed by atoms with Crippen LogP contribution in [-0.4, -0.2) is 75.8 Å². The van der Waals surface area contributed by atoms with Gasteiger partial charge in [0.25, 0.3) is 0 Å². The number of fused-ring (bicyclic) bond motifs is 3. The van der Waals surface area contributed by atoms with Gasteiger partial charge in [0.2, 0.25) is 11.8 Å². The molecule has 7 rings (SSSR count). The van der Waals surface area contributed by atoms with Crippen molar-refractivity contribution in [1.82, 2.24) is 19.8 Å². The largest absolute Gasteiger partial charge is 0.471 e. The van der Waals surface area contributed by atoms with E-state index in [1.807, 2.05) is 13.0 Å². The molecule has 0 aliphatic carbocycles. The first-order valence-corrected chi connectivity index (χ1v) is 16.5. The van der Waals surface area contributed by atoms with E-state index < -0.39 is 29.4 Å². The van der Waals surface area contributed by atoms with Gasteiger partial charge in [-0.1, -0.05) is 24.2 Å². The Hall–Kier alpha value is -4.12. The Labute approximate surface area is 277 Å². The number of carbonyl (C=O) groups excluding carboxylic acids is 1. The van der Waals surface area contributed by atoms with Crippen LogP contribution in [0.15, 0.2) is 30.9 Å². The molecule has 244 valence electrons. The number of nitriles is 1. The minimum atomic E-state index is -0.973. The summed E-state index contributed by atoms with van der Waals surface area (Å²) in [5, 5.41) is 10.2. The van der Waals surface area contributed by atoms with Gasteiger partial charge in [0.05, 0.1) is 32.3 Å². The molecule has 0 bridgehead atoms. The van der Waals surface area contributed by atoms with Crippen molar-refractivity contribution in [3.8, 4) is 29.1 Å². The quantitative estimate of drug-likeness (QED) is 0.223. The van der Waals surface area contributed by atoms with E-state index in [9.17, 15) is 18.8 Å². The molecular formula is C33H30ClF3N6O3S. The average molecular weight is 683 g/mol. The molecule has 2 N–H and O–H groups in total. The van der Waals surface area contributed by atoms with E-state index >= 15 is 4.39 Å². The molecule has 0 spiro atoms. The third-order valence-corrected chi connectivity index (χ3v) is 11.0. The van der Waals surface area contributed by atoms with Crippen molar-refractivity contribution in [2.45, 2.75) is 56.5 Å². The van der Waals surface area contributed by atoms with Gasteiger partial charge in [0, 0.05) is 36.9 Å². The number of thiophene rings is 1. The van der Waals surface area contributed by atoms with Gasteiger partial charge in [-0.25, -0.2) is 13.2 Å². The van der Waals surface area contributed by atoms with Crippen LogP contribution in [0.4, 0.5) is 18.2 Å². The normalized spacial score (nSPS) is 24.2. The highest BCUT2D eigenvalue weighted by Crippen LogP contribution is 2.46. The number of benzene rings is 2. The van der Waals surface area contributed by atoms with Crippen LogP contribution in [-0.2, 0) is 4.79 Å². The molecule has 3 aliphatic heterocycles. The minimum Gasteiger partial charge on any atom is -0.471 e. The van der Waals surface area contributed by atoms with Crippen molar-refractivity contribution in [3.05, 3.63) is 53.1 Å². The zero-order valence-electron chi connectivity index (χ0n) is 25.4. The lowest BCUT2D eigenvalue weighted by atomic mass is 9.95. The number of alkyl halides is 1. The van der Waals surface area contributed by atoms with Crippen LogP contribution < -0.4 is 15.2 Å². The molecule has 0 unspecified atom stereocenters. The summed E-state index contributed by atoms with van der Waals surface area (Å²) in [5.74, 6) is -1.71. The van der Waals surface area contributed by atoms with Crippen molar-refractivity contribution in [3.63, 3.8) is 0 Å². The van der Waals surface area contributed by atoms with Crippen LogP contribution in [0.1, 0.15) is 38.2 Å². The zero-order chi connectivity index (χ0) is 33.2. The SMILES string of the molecule is C=CC(=O)N1CC[C@@H](Oc2nc(OC[C@@]34CCCN3C[C@H](F)C4)nc3c(F)c(-c4ccc(F)c5sc(N)c(C#N)c45)c(Cl)cc23)[C@@H]1C. The predicted molar refractivity (Wildman–Crippen MR) is 173 cm³/mol. The van der Waals surface area contributed by atoms with Crippen molar-refractivity contribution >= 4 is 54.8 Å². The van der Waals surface area contributed by atoms with Crippen LogP contribution in [0, 0.1) is 23.0 Å². The topological polar surface area (TPSA) is 118 Å². The summed E-state index contributed by atoms with van der Waals surface area (Å²) in [6, 6.07) is 5.46. The molecule has 9 nitrogen and oxygen atoms in total. The van der Waals surface area contributed by atoms with Gasteiger partial charge in [-0.05, 0) is 50.1 Å². The molecule has 14 heteroatoms. The molecule has 4 aromatic rings. The Morgan fingerprint density at radius 3 is 2.91 bits per heavy atom. The zero-order valence-corrected chi connectivity index (χ0v) is 26.9. The fraction of sp³-hybridized carbons (Fsp3) is 0.394. The lowest BCUT2D eigenvalue weighted by Crippen LogP contribution is -2.43. The first-order valence-electron chi connectivity index (χ1n) is 15.3. The molecule has 3 aliphatic rings. The van der Waals surface area contributed by atoms with E-state index in [1.165, 1.54) is 24.3 Å². The second kappa shape index (κ2) is 11.8. The van der Waals surface area contributed by atoms with E-state index in [0.717, 1.165) is 30.7 Å². The van der Waals surface area contributed by atoms with Crippen LogP contribution in [0.3, 0.4) is 0 Å². The Morgan fingerprint density at radius 2 is 2.15 bits per heavy atom. The summed E-state index contributed by atoms with van der Waals surface area (Å²) in [5.41, 5.74) is 5.42. The van der Waals surface area contributed by atoms with Gasteiger partial charge >= 0.3 is 6.01 Å². The van der Waals surface area contributed by atoms with Crippen molar-refractivity contribution in [1.29, 1.82) is 5.26 Å². The summed E-state index contributed by atoms with van der Waals surface area (Å²) in [7, 11) is 0. The van der Waals surface area contributed by atoms with Gasteiger partial charge in [-0.3, -0.25) is 9.69 Å². The number of amides is 1. The average Bonchev–Trinajstić information content (AvgIpc) is 3.78. The lowest BCUT2D eigenvalue weighted by molar-refractivity contribution is -0.127. The van der Waals surface area contributed by atoms with E-state index in [4.69, 9.17) is 26.8 Å². The van der Waals surface area contributed by atoms with Crippen LogP contribution in [0.2, 0.25) is 5.02 Å². The number of nitrogen functional groups attached to an aromatic ring is 1. The number of rotatable bonds is 7. The number of anilines is 1. The summed E-state index contributed by atoms with van der Waals surface area (Å²) in [6.45, 7) is 7.03. The number of carbonyl (C=O) groups is 1. The summed E-state index contributed by atoms with van der Waals surface area (Å²) >= 11 is 7.65. The number of ether oxygens (including phenoxy) is 2. The monoisotopic (exact) mass is 682 g/mol. The Morgan fingerprint density at radius 1 is 1.34 bits per heavy atom. The van der Waals surface area contributed by atoms with Crippen LogP contribution in [0.5, 0.6) is 11.9 Å². The van der Waals surface area contributed by atoms with Gasteiger partial charge in [-0.2, -0.15) is 15.2 Å². The standard InChI is InChI=1S/C33H30ClF3N6O3S/c1-3-24(44)43-10-7-23(16(43)2)46-31-19-11-21(34)26(18-5-6-22(36)29-25(18)20(13-38)30(39)47-29)27(37)28(19)40-32(41-31)45-15-33-8-4-9-42(33)14-17(35)12-33/h3,5-6,11,16-17,23H,1,4,7-10,12,14-15,39H2,2H3/t16-,17+,23+,33-/m0/s1. The second-order valence-corrected chi connectivity index (χ2v) is 13.8. The molecule has 1 amide bonds. The number of halogens is 4. The predicted octanol–water partition coefficient (Wildman–Crippen LogP) is 6.41. The Kier molecular flexibility index (Phi) is 7.93. The summed E-state index contributed by atoms with van der Waals surface area (Å²) < 4.78 is 58.7. The molecule has 2 aromatic carbocycles. The number of likely N-dealkylation sites (tertiary alicyclic amines) is 1. The molecule has 3 fully saturated rings. The van der Waals surface area contributed by atoms with Gasteiger partial charge in [-0.15, -0.1) is 11.3 Å². The number of aromatic nitrogens is 2. The molecule has 3 saturated heterocycles. The highest BCUT2D eigenvalue weighted by molar-refractivity contribution is 7.23. The molecule has 5 heterocycles. The number of hydrogen-bond donors (Lipinski definition) is 1. The first-order chi connectivity index (χ1) is 22.5. The number of nitrogens with zero attached hydrogens (tertiary/aromatic N) is 5. The molecule has 0 saturated carbocycles. The first kappa shape index (κ1) is 31.5. The second-order valence-electron chi connectivity index (χ2n) is 12.3. The fourth-order valence-corrected chi connectivity index (χ4v) is 8.59. The maximum atomic E-state index is 16.8. The summed E-state index contributed by atoms with van der Waals surface area (Å²) in [6.07, 6.45) is 2.22. The molecule has 47 heavy (non-hydrogen) atoms. The van der Waals surface area contributed by atoms with E-state index in [-0.39, 0.29) is 78.1 Å². The van der Waals surface area contributed by atoms with E-state index in [1.54, 1.807) is 4.90 Å². The maximum absolute atomic E-state index is 16.8. The lowest BCUT2D eigenvalue weighted by Gasteiger charge is -2.31. The highest BCUT2D eigenvalue weighted by Gasteiger charge is 2.49. The third kappa shape index (κ3) is 5.14. The van der Waals surface area contributed by atoms with Gasteiger partial charge < -0.3 is 20.1 Å². The smallest absolute Gasteiger partial charge is 0.320 e. The molecule has 2 aromatic heterocycles. The van der Waals surface area contributed by atoms with Crippen LogP contribution >= 0.6 is 22.9 Å². The Bertz CT molecular complexity index is 2000. The highest BCUT2D eigenvalue weighted by atomic mass is 35.5. The Balaban J connectivity index is 1.36. The van der Waals surface area contributed by atoms with Gasteiger partial charge in [0.1, 0.15) is 41.3 Å². The molecular weight excluding hydrogens is 653 g/mol. The van der Waals surface area contributed by atoms with Gasteiger partial charge in [0.15, 0.2) is 5.82 Å². The number of hydrogen-bond acceptors (Lipinski definition) is 9. The number of nitrogens with two attached hydrogens (primary N) is 1. The third-order valence-electron chi connectivity index (χ3n) is 9.66. The maximum Gasteiger partial charge on any atom is 0.320 e. The minimum absolute atomic E-state index is 0.000542. The summed E-state index contributed by atoms with van der Waals surface area (Å²) in [4.78, 5) is 25.1. The van der Waals surface area contributed by atoms with Crippen molar-refractivity contribution in [2.24, 2.45) is 0 Å². The van der Waals surface area contributed by atoms with E-state index in [2.05, 4.69) is 21.4 Å². The molecule has 0 radical (unpaired) electrons.